The number of hydrogen-bond acceptors (Lipinski definition) is 5. The molecule has 1 N–H and O–H groups in total. The summed E-state index contributed by atoms with van der Waals surface area (Å²) in [6, 6.07) is 5.76. The maximum atomic E-state index is 5.50. The number of aromatic amines is 1. The Morgan fingerprint density at radius 1 is 1.20 bits per heavy atom. The highest BCUT2D eigenvalue weighted by molar-refractivity contribution is 5.73. The molecule has 25 heavy (non-hydrogen) atoms. The van der Waals surface area contributed by atoms with E-state index in [0.717, 1.165) is 34.3 Å². The third-order valence-corrected chi connectivity index (χ3v) is 4.21. The molecule has 1 aliphatic rings. The maximum Gasteiger partial charge on any atom is 0.231 e. The lowest BCUT2D eigenvalue weighted by atomic mass is 10.2. The fourth-order valence-electron chi connectivity index (χ4n) is 2.91. The highest BCUT2D eigenvalue weighted by atomic mass is 16.7. The Morgan fingerprint density at radius 2 is 2.08 bits per heavy atom. The molecule has 0 aliphatic carbocycles. The van der Waals surface area contributed by atoms with Crippen LogP contribution >= 0.6 is 0 Å². The van der Waals surface area contributed by atoms with Crippen molar-refractivity contribution in [2.24, 2.45) is 0 Å². The Bertz CT molecular complexity index is 1070. The van der Waals surface area contributed by atoms with Gasteiger partial charge in [0.1, 0.15) is 0 Å². The molecule has 4 aromatic rings. The lowest BCUT2D eigenvalue weighted by Gasteiger charge is -2.06. The number of aromatic nitrogens is 6. The average Bonchev–Trinajstić information content (AvgIpc) is 3.35. The highest BCUT2D eigenvalue weighted by Gasteiger charge is 2.21. The van der Waals surface area contributed by atoms with Crippen molar-refractivity contribution in [1.82, 2.24) is 29.4 Å². The predicted octanol–water partition coefficient (Wildman–Crippen LogP) is 2.76. The molecule has 8 nitrogen and oxygen atoms in total. The zero-order valence-electron chi connectivity index (χ0n) is 13.8. The smallest absolute Gasteiger partial charge is 0.231 e. The van der Waals surface area contributed by atoms with Gasteiger partial charge in [-0.25, -0.2) is 19.2 Å². The fourth-order valence-corrected chi connectivity index (χ4v) is 2.91. The van der Waals surface area contributed by atoms with Crippen LogP contribution in [-0.2, 0) is 0 Å². The highest BCUT2D eigenvalue weighted by Crippen LogP contribution is 2.35. The number of nitrogens with one attached hydrogen (secondary N) is 1. The quantitative estimate of drug-likeness (QED) is 0.622. The number of ether oxygens (including phenoxy) is 2. The first kappa shape index (κ1) is 14.1. The SMILES string of the molecule is CC(C)c1nc(-c2c[nH]n3ccnc23)n(-c2ccc3c(c2)OCO3)n1. The van der Waals surface area contributed by atoms with Gasteiger partial charge in [-0.3, -0.25) is 5.10 Å². The minimum atomic E-state index is 0.212. The fraction of sp³-hybridized carbons (Fsp3) is 0.235. The molecule has 0 amide bonds. The molecular formula is C17H16N6O2. The van der Waals surface area contributed by atoms with Crippen LogP contribution in [-0.4, -0.2) is 36.2 Å². The zero-order valence-corrected chi connectivity index (χ0v) is 13.8. The van der Waals surface area contributed by atoms with E-state index in [1.54, 1.807) is 6.20 Å². The summed E-state index contributed by atoms with van der Waals surface area (Å²) in [6.45, 7) is 4.39. The number of hydrogen-bond donors (Lipinski definition) is 1. The molecule has 1 aromatic carbocycles. The van der Waals surface area contributed by atoms with E-state index in [4.69, 9.17) is 19.6 Å². The van der Waals surface area contributed by atoms with Gasteiger partial charge in [0.2, 0.25) is 6.79 Å². The molecule has 126 valence electrons. The molecule has 5 rings (SSSR count). The van der Waals surface area contributed by atoms with Crippen LogP contribution in [0, 0.1) is 0 Å². The number of rotatable bonds is 3. The van der Waals surface area contributed by atoms with E-state index in [1.807, 2.05) is 39.8 Å². The third-order valence-electron chi connectivity index (χ3n) is 4.21. The second-order valence-corrected chi connectivity index (χ2v) is 6.21. The maximum absolute atomic E-state index is 5.50. The normalized spacial score (nSPS) is 13.2. The molecule has 0 spiro atoms. The van der Waals surface area contributed by atoms with Crippen LogP contribution in [0.25, 0.3) is 22.7 Å². The molecule has 1 aliphatic heterocycles. The van der Waals surface area contributed by atoms with E-state index in [-0.39, 0.29) is 12.7 Å². The second kappa shape index (κ2) is 5.10. The van der Waals surface area contributed by atoms with Crippen LogP contribution in [0.3, 0.4) is 0 Å². The van der Waals surface area contributed by atoms with E-state index in [2.05, 4.69) is 23.9 Å². The lowest BCUT2D eigenvalue weighted by Crippen LogP contribution is -2.00. The van der Waals surface area contributed by atoms with Crippen LogP contribution in [0.5, 0.6) is 11.5 Å². The van der Waals surface area contributed by atoms with Crippen LogP contribution in [0.1, 0.15) is 25.6 Å². The van der Waals surface area contributed by atoms with Crippen LogP contribution < -0.4 is 9.47 Å². The topological polar surface area (TPSA) is 82.3 Å². The summed E-state index contributed by atoms with van der Waals surface area (Å²) in [5, 5.41) is 7.86. The molecule has 0 saturated heterocycles. The van der Waals surface area contributed by atoms with Gasteiger partial charge < -0.3 is 9.47 Å². The lowest BCUT2D eigenvalue weighted by molar-refractivity contribution is 0.174. The van der Waals surface area contributed by atoms with Crippen molar-refractivity contribution in [1.29, 1.82) is 0 Å². The summed E-state index contributed by atoms with van der Waals surface area (Å²) >= 11 is 0. The van der Waals surface area contributed by atoms with E-state index in [9.17, 15) is 0 Å². The van der Waals surface area contributed by atoms with Crippen molar-refractivity contribution in [2.45, 2.75) is 19.8 Å². The Kier molecular flexibility index (Phi) is 2.87. The van der Waals surface area contributed by atoms with Gasteiger partial charge in [-0.15, -0.1) is 0 Å². The van der Waals surface area contributed by atoms with Crippen molar-refractivity contribution >= 4 is 5.65 Å². The second-order valence-electron chi connectivity index (χ2n) is 6.21. The van der Waals surface area contributed by atoms with E-state index < -0.39 is 0 Å². The van der Waals surface area contributed by atoms with Gasteiger partial charge in [-0.1, -0.05) is 13.8 Å². The largest absolute Gasteiger partial charge is 0.454 e. The number of imidazole rings is 1. The van der Waals surface area contributed by atoms with Crippen LogP contribution in [0.2, 0.25) is 0 Å². The minimum Gasteiger partial charge on any atom is -0.454 e. The molecule has 4 heterocycles. The van der Waals surface area contributed by atoms with Crippen LogP contribution in [0.4, 0.5) is 0 Å². The predicted molar refractivity (Wildman–Crippen MR) is 90.1 cm³/mol. The van der Waals surface area contributed by atoms with Crippen molar-refractivity contribution in [3.8, 4) is 28.6 Å². The van der Waals surface area contributed by atoms with Gasteiger partial charge >= 0.3 is 0 Å². The zero-order chi connectivity index (χ0) is 17.0. The van der Waals surface area contributed by atoms with Crippen molar-refractivity contribution in [3.05, 3.63) is 42.6 Å². The molecule has 3 aromatic heterocycles. The van der Waals surface area contributed by atoms with Crippen LogP contribution in [0.15, 0.2) is 36.8 Å². The molecular weight excluding hydrogens is 320 g/mol. The van der Waals surface area contributed by atoms with Gasteiger partial charge in [-0.05, 0) is 12.1 Å². The van der Waals surface area contributed by atoms with Gasteiger partial charge in [0.15, 0.2) is 28.8 Å². The van der Waals surface area contributed by atoms with E-state index in [1.165, 1.54) is 0 Å². The standard InChI is InChI=1S/C17H16N6O2/c1-10(2)15-20-17(12-8-19-22-6-5-18-16(12)22)23(21-15)11-3-4-13-14(7-11)25-9-24-13/h3-8,10,19H,9H2,1-2H3. The summed E-state index contributed by atoms with van der Waals surface area (Å²) in [5.74, 6) is 3.18. The Morgan fingerprint density at radius 3 is 2.96 bits per heavy atom. The van der Waals surface area contributed by atoms with Gasteiger partial charge in [-0.2, -0.15) is 5.10 Å². The van der Waals surface area contributed by atoms with Crippen molar-refractivity contribution < 1.29 is 9.47 Å². The molecule has 0 radical (unpaired) electrons. The monoisotopic (exact) mass is 336 g/mol. The number of H-pyrrole nitrogens is 1. The molecule has 0 fully saturated rings. The molecule has 0 saturated carbocycles. The summed E-state index contributed by atoms with van der Waals surface area (Å²) in [6.07, 6.45) is 5.50. The van der Waals surface area contributed by atoms with Crippen molar-refractivity contribution in [2.75, 3.05) is 6.79 Å². The summed E-state index contributed by atoms with van der Waals surface area (Å²) in [7, 11) is 0. The molecule has 0 bridgehead atoms. The van der Waals surface area contributed by atoms with Gasteiger partial charge in [0, 0.05) is 30.6 Å². The number of fused-ring (bicyclic) bond motifs is 2. The Labute approximate surface area is 143 Å². The van der Waals surface area contributed by atoms with E-state index in [0.29, 0.717) is 5.75 Å². The van der Waals surface area contributed by atoms with Gasteiger partial charge in [0.05, 0.1) is 11.3 Å². The first-order chi connectivity index (χ1) is 12.2. The molecule has 0 unspecified atom stereocenters. The van der Waals surface area contributed by atoms with Crippen molar-refractivity contribution in [3.63, 3.8) is 0 Å². The molecule has 8 heteroatoms. The van der Waals surface area contributed by atoms with Gasteiger partial charge in [0.25, 0.3) is 0 Å². The number of nitrogens with zero attached hydrogens (tertiary/aromatic N) is 5. The summed E-state index contributed by atoms with van der Waals surface area (Å²) in [4.78, 5) is 9.17. The Hall–Kier alpha value is -3.29. The average molecular weight is 336 g/mol. The Balaban J connectivity index is 1.72. The minimum absolute atomic E-state index is 0.212. The first-order valence-corrected chi connectivity index (χ1v) is 8.08. The number of benzene rings is 1. The molecule has 0 atom stereocenters. The summed E-state index contributed by atoms with van der Waals surface area (Å²) in [5.41, 5.74) is 2.57. The first-order valence-electron chi connectivity index (χ1n) is 8.08. The van der Waals surface area contributed by atoms with E-state index >= 15 is 0 Å². The third kappa shape index (κ3) is 2.10. The summed E-state index contributed by atoms with van der Waals surface area (Å²) < 4.78 is 14.6.